The Morgan fingerprint density at radius 2 is 2.17 bits per heavy atom. The minimum atomic E-state index is -0.0962. The van der Waals surface area contributed by atoms with Crippen LogP contribution in [-0.4, -0.2) is 28.3 Å². The molecule has 1 unspecified atom stereocenters. The van der Waals surface area contributed by atoms with Crippen LogP contribution in [0.3, 0.4) is 0 Å². The number of hydrogen-bond acceptors (Lipinski definition) is 3. The average Bonchev–Trinajstić information content (AvgIpc) is 2.59. The standard InChI is InChI=1S/C13H24N4O/c1-9(14)6-7-15-12(18)10-8-11(13(2,3)4)16-17(10)5/h8-9H,6-7,14H2,1-5H3,(H,15,18). The van der Waals surface area contributed by atoms with E-state index in [-0.39, 0.29) is 17.4 Å². The van der Waals surface area contributed by atoms with Crippen molar-refractivity contribution in [3.05, 3.63) is 17.5 Å². The van der Waals surface area contributed by atoms with Gasteiger partial charge in [0.25, 0.3) is 5.91 Å². The first-order valence-electron chi connectivity index (χ1n) is 6.30. The number of carbonyl (C=O) groups is 1. The van der Waals surface area contributed by atoms with Gasteiger partial charge in [-0.3, -0.25) is 9.48 Å². The fourth-order valence-electron chi connectivity index (χ4n) is 1.55. The van der Waals surface area contributed by atoms with E-state index >= 15 is 0 Å². The zero-order valence-corrected chi connectivity index (χ0v) is 11.9. The van der Waals surface area contributed by atoms with Gasteiger partial charge in [-0.25, -0.2) is 0 Å². The van der Waals surface area contributed by atoms with E-state index in [1.54, 1.807) is 11.7 Å². The first-order valence-corrected chi connectivity index (χ1v) is 6.30. The number of nitrogens with zero attached hydrogens (tertiary/aromatic N) is 2. The van der Waals surface area contributed by atoms with Crippen LogP contribution in [0.4, 0.5) is 0 Å². The maximum Gasteiger partial charge on any atom is 0.269 e. The average molecular weight is 252 g/mol. The third kappa shape index (κ3) is 3.84. The molecule has 0 bridgehead atoms. The van der Waals surface area contributed by atoms with Crippen LogP contribution in [0.1, 0.15) is 50.3 Å². The maximum atomic E-state index is 12.0. The molecule has 5 heteroatoms. The molecule has 0 radical (unpaired) electrons. The Morgan fingerprint density at radius 3 is 2.61 bits per heavy atom. The number of aromatic nitrogens is 2. The van der Waals surface area contributed by atoms with Gasteiger partial charge in [-0.05, 0) is 19.4 Å². The largest absolute Gasteiger partial charge is 0.351 e. The normalized spacial score (nSPS) is 13.4. The van der Waals surface area contributed by atoms with Gasteiger partial charge in [0.2, 0.25) is 0 Å². The lowest BCUT2D eigenvalue weighted by Gasteiger charge is -2.13. The van der Waals surface area contributed by atoms with E-state index in [1.807, 2.05) is 13.0 Å². The third-order valence-corrected chi connectivity index (χ3v) is 2.77. The van der Waals surface area contributed by atoms with Crippen LogP contribution in [0.25, 0.3) is 0 Å². The Kier molecular flexibility index (Phi) is 4.51. The Labute approximate surface area is 109 Å². The van der Waals surface area contributed by atoms with Crippen molar-refractivity contribution in [1.29, 1.82) is 0 Å². The van der Waals surface area contributed by atoms with Gasteiger partial charge in [-0.2, -0.15) is 5.10 Å². The Balaban J connectivity index is 2.72. The van der Waals surface area contributed by atoms with Gasteiger partial charge in [0.15, 0.2) is 0 Å². The second-order valence-corrected chi connectivity index (χ2v) is 5.81. The van der Waals surface area contributed by atoms with Crippen molar-refractivity contribution < 1.29 is 4.79 Å². The van der Waals surface area contributed by atoms with E-state index in [0.717, 1.165) is 12.1 Å². The van der Waals surface area contributed by atoms with Crippen molar-refractivity contribution in [2.24, 2.45) is 12.8 Å². The summed E-state index contributed by atoms with van der Waals surface area (Å²) in [5.41, 5.74) is 7.09. The maximum absolute atomic E-state index is 12.0. The monoisotopic (exact) mass is 252 g/mol. The van der Waals surface area contributed by atoms with Crippen molar-refractivity contribution in [3.63, 3.8) is 0 Å². The number of amides is 1. The molecule has 0 aliphatic rings. The summed E-state index contributed by atoms with van der Waals surface area (Å²) in [6.07, 6.45) is 0.774. The first kappa shape index (κ1) is 14.7. The van der Waals surface area contributed by atoms with Gasteiger partial charge in [0, 0.05) is 25.0 Å². The predicted octanol–water partition coefficient (Wildman–Crippen LogP) is 1.18. The molecule has 1 aromatic heterocycles. The summed E-state index contributed by atoms with van der Waals surface area (Å²) in [6, 6.07) is 1.95. The second-order valence-electron chi connectivity index (χ2n) is 5.81. The summed E-state index contributed by atoms with van der Waals surface area (Å²) in [5.74, 6) is -0.0962. The molecule has 102 valence electrons. The highest BCUT2D eigenvalue weighted by Gasteiger charge is 2.21. The van der Waals surface area contributed by atoms with Gasteiger partial charge in [-0.1, -0.05) is 20.8 Å². The lowest BCUT2D eigenvalue weighted by atomic mass is 9.92. The zero-order valence-electron chi connectivity index (χ0n) is 11.9. The fraction of sp³-hybridized carbons (Fsp3) is 0.692. The quantitative estimate of drug-likeness (QED) is 0.845. The van der Waals surface area contributed by atoms with Crippen molar-refractivity contribution in [1.82, 2.24) is 15.1 Å². The van der Waals surface area contributed by atoms with Gasteiger partial charge < -0.3 is 11.1 Å². The highest BCUT2D eigenvalue weighted by atomic mass is 16.2. The molecule has 0 spiro atoms. The summed E-state index contributed by atoms with van der Waals surface area (Å²) < 4.78 is 1.63. The van der Waals surface area contributed by atoms with E-state index < -0.39 is 0 Å². The zero-order chi connectivity index (χ0) is 13.9. The summed E-state index contributed by atoms with van der Waals surface area (Å²) in [4.78, 5) is 12.0. The van der Waals surface area contributed by atoms with Crippen molar-refractivity contribution >= 4 is 5.91 Å². The molecule has 0 aromatic carbocycles. The SMILES string of the molecule is CC(N)CCNC(=O)c1cc(C(C)(C)C)nn1C. The molecule has 0 aliphatic heterocycles. The van der Waals surface area contributed by atoms with Crippen LogP contribution in [0.15, 0.2) is 6.07 Å². The lowest BCUT2D eigenvalue weighted by Crippen LogP contribution is -2.30. The van der Waals surface area contributed by atoms with Crippen LogP contribution in [0.2, 0.25) is 0 Å². The van der Waals surface area contributed by atoms with Crippen LogP contribution in [-0.2, 0) is 12.5 Å². The molecule has 1 atom stereocenters. The highest BCUT2D eigenvalue weighted by Crippen LogP contribution is 2.21. The fourth-order valence-corrected chi connectivity index (χ4v) is 1.55. The smallest absolute Gasteiger partial charge is 0.269 e. The Hall–Kier alpha value is -1.36. The number of rotatable bonds is 4. The molecular formula is C13H24N4O. The molecule has 0 aliphatic carbocycles. The molecule has 0 saturated carbocycles. The van der Waals surface area contributed by atoms with Crippen LogP contribution in [0.5, 0.6) is 0 Å². The number of aryl methyl sites for hydroxylation is 1. The predicted molar refractivity (Wildman–Crippen MR) is 72.5 cm³/mol. The lowest BCUT2D eigenvalue weighted by molar-refractivity contribution is 0.0943. The van der Waals surface area contributed by atoms with E-state index in [1.165, 1.54) is 0 Å². The molecule has 3 N–H and O–H groups in total. The molecular weight excluding hydrogens is 228 g/mol. The van der Waals surface area contributed by atoms with Gasteiger partial charge in [0.05, 0.1) is 5.69 Å². The van der Waals surface area contributed by atoms with Gasteiger partial charge in [0.1, 0.15) is 5.69 Å². The molecule has 1 amide bonds. The minimum absolute atomic E-state index is 0.0535. The van der Waals surface area contributed by atoms with E-state index in [4.69, 9.17) is 5.73 Å². The van der Waals surface area contributed by atoms with Crippen LogP contribution < -0.4 is 11.1 Å². The second kappa shape index (κ2) is 5.52. The molecule has 0 saturated heterocycles. The molecule has 5 nitrogen and oxygen atoms in total. The van der Waals surface area contributed by atoms with Crippen molar-refractivity contribution in [2.75, 3.05) is 6.54 Å². The summed E-state index contributed by atoms with van der Waals surface area (Å²) in [7, 11) is 1.79. The van der Waals surface area contributed by atoms with E-state index in [9.17, 15) is 4.79 Å². The molecule has 0 fully saturated rings. The van der Waals surface area contributed by atoms with Gasteiger partial charge >= 0.3 is 0 Å². The topological polar surface area (TPSA) is 72.9 Å². The third-order valence-electron chi connectivity index (χ3n) is 2.77. The van der Waals surface area contributed by atoms with E-state index in [0.29, 0.717) is 12.2 Å². The molecule has 1 heterocycles. The first-order chi connectivity index (χ1) is 8.21. The highest BCUT2D eigenvalue weighted by molar-refractivity contribution is 5.92. The number of nitrogens with one attached hydrogen (secondary N) is 1. The summed E-state index contributed by atoms with van der Waals surface area (Å²) in [5, 5.41) is 7.23. The molecule has 1 aromatic rings. The molecule has 18 heavy (non-hydrogen) atoms. The van der Waals surface area contributed by atoms with E-state index in [2.05, 4.69) is 31.2 Å². The molecule has 1 rings (SSSR count). The van der Waals surface area contributed by atoms with Gasteiger partial charge in [-0.15, -0.1) is 0 Å². The van der Waals surface area contributed by atoms with Crippen molar-refractivity contribution in [2.45, 2.75) is 45.6 Å². The Bertz CT molecular complexity index is 415. The number of carbonyl (C=O) groups excluding carboxylic acids is 1. The summed E-state index contributed by atoms with van der Waals surface area (Å²) >= 11 is 0. The minimum Gasteiger partial charge on any atom is -0.351 e. The Morgan fingerprint density at radius 1 is 1.56 bits per heavy atom. The number of hydrogen-bond donors (Lipinski definition) is 2. The van der Waals surface area contributed by atoms with Crippen LogP contribution in [0, 0.1) is 0 Å². The van der Waals surface area contributed by atoms with Crippen LogP contribution >= 0.6 is 0 Å². The number of nitrogens with two attached hydrogens (primary N) is 1. The summed E-state index contributed by atoms with van der Waals surface area (Å²) in [6.45, 7) is 8.74. The van der Waals surface area contributed by atoms with Crippen molar-refractivity contribution in [3.8, 4) is 0 Å².